The van der Waals surface area contributed by atoms with Gasteiger partial charge in [-0.15, -0.1) is 0 Å². The number of hydrogen-bond acceptors (Lipinski definition) is 4. The number of aryl methyl sites for hydroxylation is 1. The van der Waals surface area contributed by atoms with Crippen LogP contribution >= 0.6 is 34.8 Å². The van der Waals surface area contributed by atoms with Crippen LogP contribution in [0.3, 0.4) is 0 Å². The Hall–Kier alpha value is -1.56. The lowest BCUT2D eigenvalue weighted by Gasteiger charge is -2.11. The second-order valence-corrected chi connectivity index (χ2v) is 5.39. The Labute approximate surface area is 136 Å². The van der Waals surface area contributed by atoms with Gasteiger partial charge in [-0.2, -0.15) is 0 Å². The van der Waals surface area contributed by atoms with Gasteiger partial charge in [-0.3, -0.25) is 4.79 Å². The number of benzene rings is 1. The molecular formula is C13H11Cl3N4O. The van der Waals surface area contributed by atoms with Crippen LogP contribution in [-0.4, -0.2) is 15.9 Å². The highest BCUT2D eigenvalue weighted by molar-refractivity contribution is 6.35. The summed E-state index contributed by atoms with van der Waals surface area (Å²) in [6, 6.07) is 4.84. The Morgan fingerprint density at radius 3 is 2.33 bits per heavy atom. The summed E-state index contributed by atoms with van der Waals surface area (Å²) in [6.07, 6.45) is 0.537. The fourth-order valence-corrected chi connectivity index (χ4v) is 2.48. The average Bonchev–Trinajstić information content (AvgIpc) is 2.37. The van der Waals surface area contributed by atoms with Crippen molar-refractivity contribution in [3.8, 4) is 0 Å². The molecule has 8 heteroatoms. The van der Waals surface area contributed by atoms with Crippen LogP contribution in [0, 0.1) is 0 Å². The van der Waals surface area contributed by atoms with E-state index in [-0.39, 0.29) is 16.7 Å². The van der Waals surface area contributed by atoms with Crippen LogP contribution in [0.4, 0.5) is 11.5 Å². The summed E-state index contributed by atoms with van der Waals surface area (Å²) in [5.74, 6) is -0.549. The molecule has 1 amide bonds. The van der Waals surface area contributed by atoms with Gasteiger partial charge < -0.3 is 11.1 Å². The number of aromatic nitrogens is 2. The van der Waals surface area contributed by atoms with E-state index >= 15 is 0 Å². The van der Waals surface area contributed by atoms with Crippen molar-refractivity contribution in [3.05, 3.63) is 44.8 Å². The number of carbonyl (C=O) groups is 1. The van der Waals surface area contributed by atoms with Crippen molar-refractivity contribution in [1.29, 1.82) is 0 Å². The van der Waals surface area contributed by atoms with E-state index in [0.717, 1.165) is 0 Å². The smallest absolute Gasteiger partial charge is 0.271 e. The lowest BCUT2D eigenvalue weighted by molar-refractivity contribution is 0.0996. The molecule has 0 aliphatic heterocycles. The van der Waals surface area contributed by atoms with Crippen molar-refractivity contribution < 1.29 is 4.79 Å². The fourth-order valence-electron chi connectivity index (χ4n) is 1.70. The molecule has 0 radical (unpaired) electrons. The standard InChI is InChI=1S/C13H11Cl3N4O/c1-2-9-11(16)20-13(10(19-9)12(17)21)18-8-4-6(14)3-7(15)5-8/h3-5H,2H2,1H3,(H2,17,21)(H,18,20). The van der Waals surface area contributed by atoms with Gasteiger partial charge in [0.05, 0.1) is 5.69 Å². The highest BCUT2D eigenvalue weighted by atomic mass is 35.5. The van der Waals surface area contributed by atoms with Crippen molar-refractivity contribution in [2.24, 2.45) is 5.73 Å². The molecular weight excluding hydrogens is 335 g/mol. The first kappa shape index (κ1) is 15.8. The minimum atomic E-state index is -0.704. The second kappa shape index (κ2) is 6.47. The molecule has 1 heterocycles. The molecule has 2 aromatic rings. The topological polar surface area (TPSA) is 80.9 Å². The molecule has 0 spiro atoms. The second-order valence-electron chi connectivity index (χ2n) is 4.16. The Bertz CT molecular complexity index is 686. The van der Waals surface area contributed by atoms with Gasteiger partial charge in [0, 0.05) is 15.7 Å². The number of anilines is 2. The minimum absolute atomic E-state index is 0.00680. The van der Waals surface area contributed by atoms with Crippen LogP contribution in [0.25, 0.3) is 0 Å². The zero-order valence-electron chi connectivity index (χ0n) is 11.0. The molecule has 0 saturated carbocycles. The number of rotatable bonds is 4. The van der Waals surface area contributed by atoms with Gasteiger partial charge in [0.15, 0.2) is 16.7 Å². The molecule has 0 fully saturated rings. The SMILES string of the molecule is CCc1nc(C(N)=O)c(Nc2cc(Cl)cc(Cl)c2)nc1Cl. The number of nitrogens with one attached hydrogen (secondary N) is 1. The number of nitrogens with two attached hydrogens (primary N) is 1. The Morgan fingerprint density at radius 1 is 1.19 bits per heavy atom. The van der Waals surface area contributed by atoms with E-state index in [2.05, 4.69) is 15.3 Å². The predicted molar refractivity (Wildman–Crippen MR) is 84.7 cm³/mol. The molecule has 21 heavy (non-hydrogen) atoms. The maximum absolute atomic E-state index is 11.5. The quantitative estimate of drug-likeness (QED) is 0.882. The zero-order valence-corrected chi connectivity index (χ0v) is 13.2. The van der Waals surface area contributed by atoms with Crippen LogP contribution in [0.5, 0.6) is 0 Å². The molecule has 0 aliphatic rings. The third-order valence-electron chi connectivity index (χ3n) is 2.61. The molecule has 3 N–H and O–H groups in total. The van der Waals surface area contributed by atoms with Gasteiger partial charge in [-0.25, -0.2) is 9.97 Å². The zero-order chi connectivity index (χ0) is 15.6. The fraction of sp³-hybridized carbons (Fsp3) is 0.154. The van der Waals surface area contributed by atoms with E-state index in [1.807, 2.05) is 6.92 Å². The normalized spacial score (nSPS) is 10.5. The molecule has 110 valence electrons. The van der Waals surface area contributed by atoms with E-state index in [0.29, 0.717) is 27.8 Å². The first-order valence-corrected chi connectivity index (χ1v) is 7.13. The van der Waals surface area contributed by atoms with Crippen LogP contribution in [-0.2, 0) is 6.42 Å². The van der Waals surface area contributed by atoms with Crippen LogP contribution < -0.4 is 11.1 Å². The maximum Gasteiger partial charge on any atom is 0.271 e. The molecule has 2 rings (SSSR count). The van der Waals surface area contributed by atoms with Gasteiger partial charge in [-0.1, -0.05) is 41.7 Å². The van der Waals surface area contributed by atoms with Gasteiger partial charge in [0.1, 0.15) is 0 Å². The Balaban J connectivity index is 2.47. The monoisotopic (exact) mass is 344 g/mol. The summed E-state index contributed by atoms with van der Waals surface area (Å²) in [5, 5.41) is 3.99. The Kier molecular flexibility index (Phi) is 4.88. The molecule has 5 nitrogen and oxygen atoms in total. The molecule has 0 bridgehead atoms. The van der Waals surface area contributed by atoms with Crippen LogP contribution in [0.2, 0.25) is 15.2 Å². The van der Waals surface area contributed by atoms with E-state index in [1.165, 1.54) is 0 Å². The number of primary amides is 1. The summed E-state index contributed by atoms with van der Waals surface area (Å²) in [6.45, 7) is 1.85. The predicted octanol–water partition coefficient (Wildman–Crippen LogP) is 3.84. The van der Waals surface area contributed by atoms with Crippen molar-refractivity contribution in [2.45, 2.75) is 13.3 Å². The van der Waals surface area contributed by atoms with Gasteiger partial charge in [0.25, 0.3) is 5.91 Å². The van der Waals surface area contributed by atoms with E-state index in [9.17, 15) is 4.79 Å². The minimum Gasteiger partial charge on any atom is -0.364 e. The number of nitrogens with zero attached hydrogens (tertiary/aromatic N) is 2. The molecule has 1 aromatic carbocycles. The average molecular weight is 346 g/mol. The molecule has 0 saturated heterocycles. The summed E-state index contributed by atoms with van der Waals surface area (Å²) in [4.78, 5) is 19.8. The number of amides is 1. The van der Waals surface area contributed by atoms with E-state index in [4.69, 9.17) is 40.5 Å². The number of carbonyl (C=O) groups excluding carboxylic acids is 1. The van der Waals surface area contributed by atoms with Crippen molar-refractivity contribution in [3.63, 3.8) is 0 Å². The first-order valence-electron chi connectivity index (χ1n) is 6.00. The number of halogens is 3. The Morgan fingerprint density at radius 2 is 1.81 bits per heavy atom. The van der Waals surface area contributed by atoms with Gasteiger partial charge in [-0.05, 0) is 24.6 Å². The van der Waals surface area contributed by atoms with Crippen molar-refractivity contribution >= 4 is 52.2 Å². The summed E-state index contributed by atoms with van der Waals surface area (Å²) in [7, 11) is 0. The highest BCUT2D eigenvalue weighted by Gasteiger charge is 2.16. The summed E-state index contributed by atoms with van der Waals surface area (Å²) in [5.41, 5.74) is 6.38. The third kappa shape index (κ3) is 3.75. The van der Waals surface area contributed by atoms with Crippen molar-refractivity contribution in [1.82, 2.24) is 9.97 Å². The highest BCUT2D eigenvalue weighted by Crippen LogP contribution is 2.27. The maximum atomic E-state index is 11.5. The molecule has 0 unspecified atom stereocenters. The van der Waals surface area contributed by atoms with E-state index in [1.54, 1.807) is 18.2 Å². The van der Waals surface area contributed by atoms with Crippen LogP contribution in [0.15, 0.2) is 18.2 Å². The van der Waals surface area contributed by atoms with Gasteiger partial charge >= 0.3 is 0 Å². The molecule has 1 aromatic heterocycles. The first-order chi connectivity index (χ1) is 9.90. The molecule has 0 aliphatic carbocycles. The lowest BCUT2D eigenvalue weighted by Crippen LogP contribution is -2.18. The van der Waals surface area contributed by atoms with Gasteiger partial charge in [0.2, 0.25) is 0 Å². The molecule has 0 atom stereocenters. The largest absolute Gasteiger partial charge is 0.364 e. The summed E-state index contributed by atoms with van der Waals surface area (Å²) < 4.78 is 0. The van der Waals surface area contributed by atoms with Crippen LogP contribution in [0.1, 0.15) is 23.1 Å². The third-order valence-corrected chi connectivity index (χ3v) is 3.35. The number of hydrogen-bond donors (Lipinski definition) is 2. The lowest BCUT2D eigenvalue weighted by atomic mass is 10.3. The van der Waals surface area contributed by atoms with E-state index < -0.39 is 5.91 Å². The summed E-state index contributed by atoms with van der Waals surface area (Å²) >= 11 is 17.9. The van der Waals surface area contributed by atoms with Crippen molar-refractivity contribution in [2.75, 3.05) is 5.32 Å².